The highest BCUT2D eigenvalue weighted by Crippen LogP contribution is 2.36. The zero-order chi connectivity index (χ0) is 22.4. The monoisotopic (exact) mass is 443 g/mol. The Morgan fingerprint density at radius 3 is 2.97 bits per heavy atom. The summed E-state index contributed by atoms with van der Waals surface area (Å²) in [7, 11) is 0. The first-order chi connectivity index (χ1) is 16.2. The molecule has 4 aromatic rings. The van der Waals surface area contributed by atoms with Crippen LogP contribution in [0.4, 0.5) is 10.1 Å². The first-order valence-corrected chi connectivity index (χ1v) is 11.5. The van der Waals surface area contributed by atoms with Crippen LogP contribution in [0.5, 0.6) is 5.75 Å². The van der Waals surface area contributed by atoms with Crippen molar-refractivity contribution in [3.05, 3.63) is 60.5 Å². The molecule has 6 nitrogen and oxygen atoms in total. The smallest absolute Gasteiger partial charge is 0.136 e. The van der Waals surface area contributed by atoms with Gasteiger partial charge in [0.2, 0.25) is 0 Å². The number of nitrogens with zero attached hydrogens (tertiary/aromatic N) is 3. The van der Waals surface area contributed by atoms with Gasteiger partial charge in [0.05, 0.1) is 23.0 Å². The number of aromatic amines is 1. The van der Waals surface area contributed by atoms with Gasteiger partial charge in [-0.3, -0.25) is 10.1 Å². The number of piperidine rings is 1. The van der Waals surface area contributed by atoms with E-state index in [9.17, 15) is 4.39 Å². The predicted octanol–water partition coefficient (Wildman–Crippen LogP) is 4.63. The van der Waals surface area contributed by atoms with Gasteiger partial charge in [-0.15, -0.1) is 0 Å². The van der Waals surface area contributed by atoms with E-state index < -0.39 is 0 Å². The molecule has 2 N–H and O–H groups in total. The van der Waals surface area contributed by atoms with E-state index in [1.54, 1.807) is 18.3 Å². The highest BCUT2D eigenvalue weighted by atomic mass is 19.1. The second-order valence-corrected chi connectivity index (χ2v) is 9.10. The van der Waals surface area contributed by atoms with Crippen molar-refractivity contribution in [1.82, 2.24) is 20.5 Å². The van der Waals surface area contributed by atoms with Gasteiger partial charge >= 0.3 is 0 Å². The summed E-state index contributed by atoms with van der Waals surface area (Å²) in [5.74, 6) is 0.730. The number of pyridine rings is 1. The Bertz CT molecular complexity index is 1320. The summed E-state index contributed by atoms with van der Waals surface area (Å²) in [4.78, 5) is 6.97. The van der Waals surface area contributed by atoms with Gasteiger partial charge in [-0.2, -0.15) is 5.10 Å². The Labute approximate surface area is 191 Å². The van der Waals surface area contributed by atoms with Gasteiger partial charge in [0.1, 0.15) is 23.9 Å². The van der Waals surface area contributed by atoms with E-state index in [2.05, 4.69) is 56.6 Å². The van der Waals surface area contributed by atoms with Gasteiger partial charge in [-0.05, 0) is 42.7 Å². The molecule has 1 saturated heterocycles. The van der Waals surface area contributed by atoms with Crippen LogP contribution in [-0.4, -0.2) is 47.5 Å². The number of aromatic nitrogens is 3. The van der Waals surface area contributed by atoms with E-state index in [0.29, 0.717) is 42.1 Å². The van der Waals surface area contributed by atoms with Crippen LogP contribution in [0.1, 0.15) is 13.3 Å². The van der Waals surface area contributed by atoms with Crippen molar-refractivity contribution >= 4 is 16.6 Å². The average Bonchev–Trinajstić information content (AvgIpc) is 3.24. The van der Waals surface area contributed by atoms with Gasteiger partial charge < -0.3 is 15.0 Å². The number of fused-ring (bicyclic) bond motifs is 9. The molecule has 2 atom stereocenters. The van der Waals surface area contributed by atoms with Crippen LogP contribution in [0.15, 0.2) is 54.7 Å². The topological polar surface area (TPSA) is 66.1 Å². The van der Waals surface area contributed by atoms with Gasteiger partial charge in [0.15, 0.2) is 0 Å². The normalized spacial score (nSPS) is 20.5. The summed E-state index contributed by atoms with van der Waals surface area (Å²) in [6.45, 7) is 5.42. The molecule has 6 rings (SSSR count). The molecule has 168 valence electrons. The first-order valence-electron chi connectivity index (χ1n) is 11.5. The number of hydrogen-bond acceptors (Lipinski definition) is 5. The highest BCUT2D eigenvalue weighted by Gasteiger charge is 2.25. The molecule has 0 radical (unpaired) electrons. The van der Waals surface area contributed by atoms with E-state index in [4.69, 9.17) is 4.74 Å². The molecular formula is C26H26FN5O. The summed E-state index contributed by atoms with van der Waals surface area (Å²) in [5.41, 5.74) is 4.77. The van der Waals surface area contributed by atoms with Crippen LogP contribution in [0.3, 0.4) is 0 Å². The van der Waals surface area contributed by atoms with Crippen molar-refractivity contribution in [2.45, 2.75) is 19.4 Å². The fourth-order valence-corrected chi connectivity index (χ4v) is 5.13. The maximum absolute atomic E-state index is 15.0. The summed E-state index contributed by atoms with van der Waals surface area (Å²) < 4.78 is 21.0. The summed E-state index contributed by atoms with van der Waals surface area (Å²) in [6.07, 6.45) is 2.83. The molecule has 2 aromatic heterocycles. The summed E-state index contributed by atoms with van der Waals surface area (Å²) >= 11 is 0. The SMILES string of the molecule is C[C@@H]1C[C@H]2CN(C1)c1cccc(c1)-c1n[nH]c3cnc(cc13)-c1c(F)cccc1OCCN2. The lowest BCUT2D eigenvalue weighted by Gasteiger charge is -2.38. The molecule has 1 fully saturated rings. The summed E-state index contributed by atoms with van der Waals surface area (Å²) in [5, 5.41) is 12.2. The van der Waals surface area contributed by atoms with E-state index in [0.717, 1.165) is 41.7 Å². The Balaban J connectivity index is 1.53. The zero-order valence-corrected chi connectivity index (χ0v) is 18.5. The van der Waals surface area contributed by atoms with E-state index >= 15 is 0 Å². The number of anilines is 1. The molecule has 0 saturated carbocycles. The zero-order valence-electron chi connectivity index (χ0n) is 18.5. The molecule has 7 heteroatoms. The largest absolute Gasteiger partial charge is 0.491 e. The molecule has 0 unspecified atom stereocenters. The standard InChI is InChI=1S/C26H26FN5O/c1-16-10-18-15-32(14-16)19-5-2-4-17(11-19)26-20-12-22(29-13-23(20)30-31-26)25-21(27)6-3-7-24(25)33-9-8-28-18/h2-7,11-13,16,18,28H,8-10,14-15H2,1H3,(H,30,31)/t16-,18+/m1/s1. The van der Waals surface area contributed by atoms with Gasteiger partial charge in [-0.1, -0.05) is 25.1 Å². The number of halogens is 1. The third-order valence-electron chi connectivity index (χ3n) is 6.62. The van der Waals surface area contributed by atoms with E-state index in [1.807, 2.05) is 6.07 Å². The number of rotatable bonds is 0. The molecule has 4 heterocycles. The van der Waals surface area contributed by atoms with Crippen molar-refractivity contribution in [1.29, 1.82) is 0 Å². The minimum atomic E-state index is -0.350. The van der Waals surface area contributed by atoms with Crippen LogP contribution in [0.25, 0.3) is 33.4 Å². The van der Waals surface area contributed by atoms with Crippen LogP contribution < -0.4 is 15.0 Å². The van der Waals surface area contributed by atoms with E-state index in [1.165, 1.54) is 11.8 Å². The maximum atomic E-state index is 15.0. The van der Waals surface area contributed by atoms with Crippen LogP contribution in [-0.2, 0) is 0 Å². The molecule has 2 aliphatic rings. The van der Waals surface area contributed by atoms with Gasteiger partial charge in [0, 0.05) is 42.3 Å². The number of H-pyrrole nitrogens is 1. The molecule has 0 aliphatic carbocycles. The Hall–Kier alpha value is -3.45. The van der Waals surface area contributed by atoms with Crippen molar-refractivity contribution in [3.8, 4) is 28.3 Å². The second kappa shape index (κ2) is 8.15. The van der Waals surface area contributed by atoms with Crippen LogP contribution in [0.2, 0.25) is 0 Å². The predicted molar refractivity (Wildman–Crippen MR) is 128 cm³/mol. The quantitative estimate of drug-likeness (QED) is 0.415. The minimum Gasteiger partial charge on any atom is -0.491 e. The second-order valence-electron chi connectivity index (χ2n) is 9.10. The molecule has 0 spiro atoms. The van der Waals surface area contributed by atoms with Crippen molar-refractivity contribution in [3.63, 3.8) is 0 Å². The third-order valence-corrected chi connectivity index (χ3v) is 6.62. The molecule has 6 bridgehead atoms. The van der Waals surface area contributed by atoms with Crippen molar-refractivity contribution in [2.75, 3.05) is 31.1 Å². The number of nitrogens with one attached hydrogen (secondary N) is 2. The first kappa shape index (κ1) is 20.2. The Kier molecular flexibility index (Phi) is 4.99. The molecule has 2 aliphatic heterocycles. The Morgan fingerprint density at radius 2 is 2.03 bits per heavy atom. The fraction of sp³-hybridized carbons (Fsp3) is 0.308. The van der Waals surface area contributed by atoms with Crippen molar-refractivity contribution in [2.24, 2.45) is 5.92 Å². The number of ether oxygens (including phenoxy) is 1. The van der Waals surface area contributed by atoms with Gasteiger partial charge in [-0.25, -0.2) is 4.39 Å². The lowest BCUT2D eigenvalue weighted by atomic mass is 9.95. The third kappa shape index (κ3) is 3.72. The number of benzene rings is 2. The fourth-order valence-electron chi connectivity index (χ4n) is 5.13. The van der Waals surface area contributed by atoms with Crippen molar-refractivity contribution < 1.29 is 9.13 Å². The van der Waals surface area contributed by atoms with E-state index in [-0.39, 0.29) is 5.82 Å². The van der Waals surface area contributed by atoms with Crippen LogP contribution in [0, 0.1) is 11.7 Å². The molecule has 2 aromatic carbocycles. The lowest BCUT2D eigenvalue weighted by Crippen LogP contribution is -2.49. The number of hydrogen-bond donors (Lipinski definition) is 2. The Morgan fingerprint density at radius 1 is 1.12 bits per heavy atom. The molecule has 33 heavy (non-hydrogen) atoms. The summed E-state index contributed by atoms with van der Waals surface area (Å²) in [6, 6.07) is 15.7. The van der Waals surface area contributed by atoms with Crippen LogP contribution >= 0.6 is 0 Å². The average molecular weight is 444 g/mol. The highest BCUT2D eigenvalue weighted by molar-refractivity contribution is 5.95. The molecule has 0 amide bonds. The minimum absolute atomic E-state index is 0.350. The molecular weight excluding hydrogens is 417 g/mol. The van der Waals surface area contributed by atoms with Gasteiger partial charge in [0.25, 0.3) is 0 Å². The maximum Gasteiger partial charge on any atom is 0.136 e. The lowest BCUT2D eigenvalue weighted by molar-refractivity contribution is 0.286.